The SMILES string of the molecule is Cc1nc(CN(C)S(=O)(=O)c2ccc(O)c(N)c2)n[nH]1. The van der Waals surface area contributed by atoms with E-state index >= 15 is 0 Å². The van der Waals surface area contributed by atoms with Gasteiger partial charge < -0.3 is 10.8 Å². The number of aromatic hydroxyl groups is 1. The van der Waals surface area contributed by atoms with Crippen molar-refractivity contribution in [3.63, 3.8) is 0 Å². The van der Waals surface area contributed by atoms with E-state index in [2.05, 4.69) is 15.2 Å². The molecule has 2 rings (SSSR count). The minimum atomic E-state index is -3.72. The smallest absolute Gasteiger partial charge is 0.243 e. The monoisotopic (exact) mass is 297 g/mol. The number of anilines is 1. The van der Waals surface area contributed by atoms with Gasteiger partial charge in [0.25, 0.3) is 0 Å². The van der Waals surface area contributed by atoms with Gasteiger partial charge in [-0.1, -0.05) is 0 Å². The van der Waals surface area contributed by atoms with Gasteiger partial charge >= 0.3 is 0 Å². The average Bonchev–Trinajstić information content (AvgIpc) is 2.78. The minimum Gasteiger partial charge on any atom is -0.506 e. The largest absolute Gasteiger partial charge is 0.506 e. The number of nitrogens with two attached hydrogens (primary N) is 1. The van der Waals surface area contributed by atoms with E-state index in [-0.39, 0.29) is 22.9 Å². The molecule has 0 saturated heterocycles. The summed E-state index contributed by atoms with van der Waals surface area (Å²) in [4.78, 5) is 4.05. The molecule has 8 nitrogen and oxygen atoms in total. The number of H-pyrrole nitrogens is 1. The van der Waals surface area contributed by atoms with E-state index in [1.54, 1.807) is 6.92 Å². The van der Waals surface area contributed by atoms with Crippen LogP contribution in [0.25, 0.3) is 0 Å². The van der Waals surface area contributed by atoms with E-state index in [0.717, 1.165) is 4.31 Å². The van der Waals surface area contributed by atoms with Crippen LogP contribution >= 0.6 is 0 Å². The second-order valence-corrected chi connectivity index (χ2v) is 6.36. The molecule has 0 bridgehead atoms. The summed E-state index contributed by atoms with van der Waals surface area (Å²) < 4.78 is 25.8. The molecule has 0 aliphatic carbocycles. The Hall–Kier alpha value is -2.13. The molecule has 1 aromatic carbocycles. The molecule has 1 aromatic heterocycles. The van der Waals surface area contributed by atoms with Crippen molar-refractivity contribution in [1.29, 1.82) is 0 Å². The minimum absolute atomic E-state index is 0.00237. The first kappa shape index (κ1) is 14.3. The van der Waals surface area contributed by atoms with Crippen molar-refractivity contribution in [3.05, 3.63) is 29.8 Å². The number of benzene rings is 1. The van der Waals surface area contributed by atoms with Crippen LogP contribution in [0.15, 0.2) is 23.1 Å². The highest BCUT2D eigenvalue weighted by molar-refractivity contribution is 7.89. The van der Waals surface area contributed by atoms with Crippen molar-refractivity contribution in [1.82, 2.24) is 19.5 Å². The number of nitrogens with zero attached hydrogens (tertiary/aromatic N) is 3. The molecule has 20 heavy (non-hydrogen) atoms. The van der Waals surface area contributed by atoms with Gasteiger partial charge in [0.15, 0.2) is 5.82 Å². The topological polar surface area (TPSA) is 125 Å². The predicted octanol–water partition coefficient (Wildman–Crippen LogP) is 0.222. The number of aromatic nitrogens is 3. The molecule has 0 saturated carbocycles. The maximum absolute atomic E-state index is 12.3. The Morgan fingerprint density at radius 1 is 1.45 bits per heavy atom. The number of rotatable bonds is 4. The molecule has 0 fully saturated rings. The Balaban J connectivity index is 2.27. The Kier molecular flexibility index (Phi) is 3.64. The van der Waals surface area contributed by atoms with Gasteiger partial charge in [0.2, 0.25) is 10.0 Å². The highest BCUT2D eigenvalue weighted by Crippen LogP contribution is 2.25. The highest BCUT2D eigenvalue weighted by Gasteiger charge is 2.23. The number of phenols is 1. The van der Waals surface area contributed by atoms with Gasteiger partial charge in [-0.05, 0) is 25.1 Å². The first-order valence-corrected chi connectivity index (χ1v) is 7.17. The molecule has 0 spiro atoms. The maximum atomic E-state index is 12.3. The van der Waals surface area contributed by atoms with Gasteiger partial charge in [-0.2, -0.15) is 9.40 Å². The van der Waals surface area contributed by atoms with Crippen LogP contribution in [0.3, 0.4) is 0 Å². The number of nitrogens with one attached hydrogen (secondary N) is 1. The van der Waals surface area contributed by atoms with Crippen molar-refractivity contribution >= 4 is 15.7 Å². The van der Waals surface area contributed by atoms with Gasteiger partial charge in [-0.15, -0.1) is 0 Å². The molecule has 0 atom stereocenters. The third kappa shape index (κ3) is 2.73. The summed E-state index contributed by atoms with van der Waals surface area (Å²) in [5, 5.41) is 15.9. The summed E-state index contributed by atoms with van der Waals surface area (Å²) in [6.07, 6.45) is 0. The first-order valence-electron chi connectivity index (χ1n) is 5.73. The molecule has 0 radical (unpaired) electrons. The standard InChI is InChI=1S/C11H15N5O3S/c1-7-13-11(15-14-7)6-16(2)20(18,19)8-3-4-10(17)9(12)5-8/h3-5,17H,6,12H2,1-2H3,(H,13,14,15). The van der Waals surface area contributed by atoms with Crippen LogP contribution in [0.5, 0.6) is 5.75 Å². The molecule has 0 aliphatic heterocycles. The van der Waals surface area contributed by atoms with Gasteiger partial charge in [0.05, 0.1) is 17.1 Å². The summed E-state index contributed by atoms with van der Waals surface area (Å²) >= 11 is 0. The molecule has 0 unspecified atom stereocenters. The van der Waals surface area contributed by atoms with E-state index in [9.17, 15) is 13.5 Å². The predicted molar refractivity (Wildman–Crippen MR) is 72.3 cm³/mol. The van der Waals surface area contributed by atoms with Crippen LogP contribution < -0.4 is 5.73 Å². The number of hydrogen-bond acceptors (Lipinski definition) is 6. The average molecular weight is 297 g/mol. The van der Waals surface area contributed by atoms with E-state index in [1.807, 2.05) is 0 Å². The number of aromatic amines is 1. The quantitative estimate of drug-likeness (QED) is 0.547. The van der Waals surface area contributed by atoms with E-state index < -0.39 is 10.0 Å². The van der Waals surface area contributed by atoms with Gasteiger partial charge in [-0.3, -0.25) is 5.10 Å². The molecular weight excluding hydrogens is 282 g/mol. The third-order valence-corrected chi connectivity index (χ3v) is 4.51. The third-order valence-electron chi connectivity index (χ3n) is 2.71. The van der Waals surface area contributed by atoms with Crippen LogP contribution in [0, 0.1) is 6.92 Å². The molecular formula is C11H15N5O3S. The summed E-state index contributed by atoms with van der Waals surface area (Å²) in [6, 6.07) is 3.75. The molecule has 0 amide bonds. The van der Waals surface area contributed by atoms with Crippen LogP contribution in [-0.4, -0.2) is 40.1 Å². The fourth-order valence-electron chi connectivity index (χ4n) is 1.62. The highest BCUT2D eigenvalue weighted by atomic mass is 32.2. The molecule has 108 valence electrons. The second-order valence-electron chi connectivity index (χ2n) is 4.32. The Bertz CT molecular complexity index is 725. The van der Waals surface area contributed by atoms with Crippen molar-refractivity contribution < 1.29 is 13.5 Å². The Labute approximate surface area is 116 Å². The van der Waals surface area contributed by atoms with Gasteiger partial charge in [0.1, 0.15) is 11.6 Å². The fourth-order valence-corrected chi connectivity index (χ4v) is 2.78. The van der Waals surface area contributed by atoms with Crippen molar-refractivity contribution in [3.8, 4) is 5.75 Å². The van der Waals surface area contributed by atoms with Crippen LogP contribution in [0.1, 0.15) is 11.6 Å². The molecule has 2 aromatic rings. The molecule has 4 N–H and O–H groups in total. The summed E-state index contributed by atoms with van der Waals surface area (Å²) in [7, 11) is -2.30. The summed E-state index contributed by atoms with van der Waals surface area (Å²) in [6.45, 7) is 1.76. The fraction of sp³-hybridized carbons (Fsp3) is 0.273. The van der Waals surface area contributed by atoms with Gasteiger partial charge in [0, 0.05) is 7.05 Å². The number of phenolic OH excluding ortho intramolecular Hbond substituents is 1. The zero-order valence-corrected chi connectivity index (χ0v) is 11.8. The van der Waals surface area contributed by atoms with Crippen molar-refractivity contribution in [2.24, 2.45) is 0 Å². The Morgan fingerprint density at radius 2 is 2.15 bits per heavy atom. The van der Waals surface area contributed by atoms with E-state index in [1.165, 1.54) is 25.2 Å². The Morgan fingerprint density at radius 3 is 2.70 bits per heavy atom. The lowest BCUT2D eigenvalue weighted by Crippen LogP contribution is -2.27. The van der Waals surface area contributed by atoms with Gasteiger partial charge in [-0.25, -0.2) is 13.4 Å². The number of hydrogen-bond donors (Lipinski definition) is 3. The van der Waals surface area contributed by atoms with Crippen molar-refractivity contribution in [2.45, 2.75) is 18.4 Å². The van der Waals surface area contributed by atoms with E-state index in [0.29, 0.717) is 11.6 Å². The summed E-state index contributed by atoms with van der Waals surface area (Å²) in [5.74, 6) is 0.830. The zero-order valence-electron chi connectivity index (χ0n) is 11.0. The lowest BCUT2D eigenvalue weighted by molar-refractivity contribution is 0.456. The lowest BCUT2D eigenvalue weighted by Gasteiger charge is -2.16. The van der Waals surface area contributed by atoms with Crippen LogP contribution in [0.4, 0.5) is 5.69 Å². The summed E-state index contributed by atoms with van der Waals surface area (Å²) in [5.41, 5.74) is 5.52. The van der Waals surface area contributed by atoms with Crippen LogP contribution in [0.2, 0.25) is 0 Å². The second kappa shape index (κ2) is 5.10. The lowest BCUT2D eigenvalue weighted by atomic mass is 10.3. The van der Waals surface area contributed by atoms with Crippen molar-refractivity contribution in [2.75, 3.05) is 12.8 Å². The normalized spacial score (nSPS) is 11.9. The zero-order chi connectivity index (χ0) is 14.9. The van der Waals surface area contributed by atoms with Crippen LogP contribution in [-0.2, 0) is 16.6 Å². The number of aryl methyl sites for hydroxylation is 1. The molecule has 9 heteroatoms. The van der Waals surface area contributed by atoms with E-state index in [4.69, 9.17) is 5.73 Å². The number of sulfonamides is 1. The maximum Gasteiger partial charge on any atom is 0.243 e. The first-order chi connectivity index (χ1) is 9.30. The molecule has 0 aliphatic rings. The molecule has 1 heterocycles. The number of nitrogen functional groups attached to an aromatic ring is 1.